The van der Waals surface area contributed by atoms with Gasteiger partial charge in [-0.3, -0.25) is 4.98 Å². The average molecular weight is 244 g/mol. The van der Waals surface area contributed by atoms with Crippen LogP contribution in [0.4, 0.5) is 0 Å². The summed E-state index contributed by atoms with van der Waals surface area (Å²) < 4.78 is 5.45. The second kappa shape index (κ2) is 5.04. The maximum Gasteiger partial charge on any atom is 0.0640 e. The van der Waals surface area contributed by atoms with Gasteiger partial charge < -0.3 is 10.5 Å². The Balaban J connectivity index is 2.36. The molecule has 0 fully saturated rings. The molecule has 18 heavy (non-hydrogen) atoms. The van der Waals surface area contributed by atoms with E-state index in [2.05, 4.69) is 31.0 Å². The van der Waals surface area contributed by atoms with Crippen LogP contribution in [0, 0.1) is 0 Å². The minimum absolute atomic E-state index is 0.0483. The molecule has 0 aliphatic carbocycles. The van der Waals surface area contributed by atoms with E-state index in [1.54, 1.807) is 13.3 Å². The van der Waals surface area contributed by atoms with Crippen molar-refractivity contribution < 1.29 is 4.74 Å². The SMILES string of the molecule is COC(C)(C)CC(N)c1cccc2ccncc12. The number of fused-ring (bicyclic) bond motifs is 1. The van der Waals surface area contributed by atoms with Gasteiger partial charge >= 0.3 is 0 Å². The molecule has 1 aromatic heterocycles. The smallest absolute Gasteiger partial charge is 0.0640 e. The third-order valence-electron chi connectivity index (χ3n) is 3.38. The first-order valence-corrected chi connectivity index (χ1v) is 6.17. The highest BCUT2D eigenvalue weighted by molar-refractivity contribution is 5.85. The number of aromatic nitrogens is 1. The maximum atomic E-state index is 6.32. The van der Waals surface area contributed by atoms with Gasteiger partial charge in [-0.1, -0.05) is 18.2 Å². The van der Waals surface area contributed by atoms with Gasteiger partial charge in [0.05, 0.1) is 5.60 Å². The molecule has 3 heteroatoms. The standard InChI is InChI=1S/C15H20N2O/c1-15(2,18-3)9-14(16)12-6-4-5-11-7-8-17-10-13(11)12/h4-8,10,14H,9,16H2,1-3H3. The molecule has 2 N–H and O–H groups in total. The Hall–Kier alpha value is -1.45. The first-order chi connectivity index (χ1) is 8.53. The number of methoxy groups -OCH3 is 1. The Morgan fingerprint density at radius 2 is 2.11 bits per heavy atom. The zero-order chi connectivity index (χ0) is 13.2. The third-order valence-corrected chi connectivity index (χ3v) is 3.38. The number of benzene rings is 1. The monoisotopic (exact) mass is 244 g/mol. The average Bonchev–Trinajstić information content (AvgIpc) is 2.37. The van der Waals surface area contributed by atoms with Crippen LogP contribution < -0.4 is 5.73 Å². The summed E-state index contributed by atoms with van der Waals surface area (Å²) in [6.45, 7) is 4.10. The van der Waals surface area contributed by atoms with E-state index < -0.39 is 0 Å². The predicted octanol–water partition coefficient (Wildman–Crippen LogP) is 3.05. The Bertz CT molecular complexity index is 532. The molecule has 3 nitrogen and oxygen atoms in total. The molecule has 0 spiro atoms. The van der Waals surface area contributed by atoms with E-state index >= 15 is 0 Å². The lowest BCUT2D eigenvalue weighted by molar-refractivity contribution is 0.0101. The molecule has 0 saturated heterocycles. The van der Waals surface area contributed by atoms with Crippen LogP contribution in [-0.4, -0.2) is 17.7 Å². The number of ether oxygens (including phenoxy) is 1. The Morgan fingerprint density at radius 3 is 2.83 bits per heavy atom. The van der Waals surface area contributed by atoms with Crippen LogP contribution >= 0.6 is 0 Å². The van der Waals surface area contributed by atoms with Gasteiger partial charge in [0.25, 0.3) is 0 Å². The van der Waals surface area contributed by atoms with Gasteiger partial charge in [-0.05, 0) is 37.3 Å². The first-order valence-electron chi connectivity index (χ1n) is 6.17. The summed E-state index contributed by atoms with van der Waals surface area (Å²) in [5.74, 6) is 0. The van der Waals surface area contributed by atoms with E-state index in [4.69, 9.17) is 10.5 Å². The van der Waals surface area contributed by atoms with Crippen molar-refractivity contribution >= 4 is 10.8 Å². The van der Waals surface area contributed by atoms with Crippen molar-refractivity contribution in [2.45, 2.75) is 31.9 Å². The van der Waals surface area contributed by atoms with Gasteiger partial charge in [-0.25, -0.2) is 0 Å². The van der Waals surface area contributed by atoms with Gasteiger partial charge in [0.15, 0.2) is 0 Å². The number of nitrogens with zero attached hydrogens (tertiary/aromatic N) is 1. The molecule has 0 bridgehead atoms. The lowest BCUT2D eigenvalue weighted by Gasteiger charge is -2.27. The minimum atomic E-state index is -0.218. The topological polar surface area (TPSA) is 48.1 Å². The van der Waals surface area contributed by atoms with Gasteiger partial charge in [0.1, 0.15) is 0 Å². The van der Waals surface area contributed by atoms with Gasteiger partial charge in [0, 0.05) is 30.9 Å². The fourth-order valence-corrected chi connectivity index (χ4v) is 2.18. The summed E-state index contributed by atoms with van der Waals surface area (Å²) in [5.41, 5.74) is 7.23. The highest BCUT2D eigenvalue weighted by atomic mass is 16.5. The molecule has 96 valence electrons. The van der Waals surface area contributed by atoms with Crippen LogP contribution in [0.2, 0.25) is 0 Å². The molecule has 0 amide bonds. The van der Waals surface area contributed by atoms with Crippen molar-refractivity contribution in [3.05, 3.63) is 42.2 Å². The minimum Gasteiger partial charge on any atom is -0.379 e. The molecule has 0 aliphatic rings. The van der Waals surface area contributed by atoms with E-state index in [9.17, 15) is 0 Å². The normalized spacial score (nSPS) is 13.8. The molecule has 0 radical (unpaired) electrons. The zero-order valence-electron chi connectivity index (χ0n) is 11.2. The number of rotatable bonds is 4. The van der Waals surface area contributed by atoms with Crippen LogP contribution in [0.25, 0.3) is 10.8 Å². The number of nitrogens with two attached hydrogens (primary N) is 1. The number of pyridine rings is 1. The van der Waals surface area contributed by atoms with Gasteiger partial charge in [-0.15, -0.1) is 0 Å². The second-order valence-electron chi connectivity index (χ2n) is 5.22. The Labute approximate surface area is 108 Å². The summed E-state index contributed by atoms with van der Waals surface area (Å²) in [6.07, 6.45) is 4.46. The molecule has 0 aliphatic heterocycles. The first kappa shape index (κ1) is 13.0. The van der Waals surface area contributed by atoms with Crippen LogP contribution in [0.3, 0.4) is 0 Å². The third kappa shape index (κ3) is 2.68. The van der Waals surface area contributed by atoms with E-state index in [-0.39, 0.29) is 11.6 Å². The van der Waals surface area contributed by atoms with Crippen LogP contribution in [0.5, 0.6) is 0 Å². The fourth-order valence-electron chi connectivity index (χ4n) is 2.18. The molecular weight excluding hydrogens is 224 g/mol. The van der Waals surface area contributed by atoms with Crippen molar-refractivity contribution in [2.24, 2.45) is 5.73 Å². The van der Waals surface area contributed by atoms with Crippen molar-refractivity contribution in [2.75, 3.05) is 7.11 Å². The van der Waals surface area contributed by atoms with Crippen molar-refractivity contribution in [1.29, 1.82) is 0 Å². The molecule has 1 heterocycles. The lowest BCUT2D eigenvalue weighted by Crippen LogP contribution is -2.28. The highest BCUT2D eigenvalue weighted by Gasteiger charge is 2.22. The summed E-state index contributed by atoms with van der Waals surface area (Å²) in [5, 5.41) is 2.30. The molecule has 2 rings (SSSR count). The maximum absolute atomic E-state index is 6.32. The Kier molecular flexibility index (Phi) is 3.64. The molecule has 2 aromatic rings. The largest absolute Gasteiger partial charge is 0.379 e. The van der Waals surface area contributed by atoms with Crippen molar-refractivity contribution in [3.63, 3.8) is 0 Å². The lowest BCUT2D eigenvalue weighted by atomic mass is 9.92. The molecule has 0 saturated carbocycles. The molecule has 1 atom stereocenters. The summed E-state index contributed by atoms with van der Waals surface area (Å²) in [7, 11) is 1.72. The van der Waals surface area contributed by atoms with Crippen LogP contribution in [0.15, 0.2) is 36.7 Å². The Morgan fingerprint density at radius 1 is 1.33 bits per heavy atom. The van der Waals surface area contributed by atoms with E-state index in [0.717, 1.165) is 17.4 Å². The van der Waals surface area contributed by atoms with Crippen LogP contribution in [0.1, 0.15) is 31.9 Å². The van der Waals surface area contributed by atoms with Crippen LogP contribution in [-0.2, 0) is 4.74 Å². The van der Waals surface area contributed by atoms with Crippen molar-refractivity contribution in [1.82, 2.24) is 4.98 Å². The van der Waals surface area contributed by atoms with Crippen molar-refractivity contribution in [3.8, 4) is 0 Å². The molecule has 1 aromatic carbocycles. The number of hydrogen-bond acceptors (Lipinski definition) is 3. The summed E-state index contributed by atoms with van der Waals surface area (Å²) >= 11 is 0. The van der Waals surface area contributed by atoms with E-state index in [1.165, 1.54) is 5.39 Å². The van der Waals surface area contributed by atoms with E-state index in [0.29, 0.717) is 0 Å². The summed E-state index contributed by atoms with van der Waals surface area (Å²) in [4.78, 5) is 4.19. The predicted molar refractivity (Wildman–Crippen MR) is 74.4 cm³/mol. The number of hydrogen-bond donors (Lipinski definition) is 1. The highest BCUT2D eigenvalue weighted by Crippen LogP contribution is 2.28. The van der Waals surface area contributed by atoms with Gasteiger partial charge in [-0.2, -0.15) is 0 Å². The summed E-state index contributed by atoms with van der Waals surface area (Å²) in [6, 6.07) is 8.15. The molecular formula is C15H20N2O. The zero-order valence-corrected chi connectivity index (χ0v) is 11.2. The van der Waals surface area contributed by atoms with E-state index in [1.807, 2.05) is 18.3 Å². The molecule has 1 unspecified atom stereocenters. The fraction of sp³-hybridized carbons (Fsp3) is 0.400. The second-order valence-corrected chi connectivity index (χ2v) is 5.22. The van der Waals surface area contributed by atoms with Gasteiger partial charge in [0.2, 0.25) is 0 Å². The quantitative estimate of drug-likeness (QED) is 0.899.